The second kappa shape index (κ2) is 9.00. The molecule has 1 N–H and O–H groups in total. The van der Waals surface area contributed by atoms with E-state index < -0.39 is 0 Å². The van der Waals surface area contributed by atoms with Gasteiger partial charge in [-0.3, -0.25) is 19.3 Å². The summed E-state index contributed by atoms with van der Waals surface area (Å²) in [5.74, 6) is -0.603. The van der Waals surface area contributed by atoms with Crippen molar-refractivity contribution >= 4 is 41.0 Å². The summed E-state index contributed by atoms with van der Waals surface area (Å²) in [5, 5.41) is 2.36. The maximum atomic E-state index is 12.4. The molecule has 1 aliphatic heterocycles. The molecule has 2 aromatic carbocycles. The Balaban J connectivity index is 1.51. The highest BCUT2D eigenvalue weighted by Gasteiger charge is 2.34. The summed E-state index contributed by atoms with van der Waals surface area (Å²) in [6.07, 6.45) is 4.84. The van der Waals surface area contributed by atoms with Crippen LogP contribution in [-0.4, -0.2) is 35.0 Å². The zero-order chi connectivity index (χ0) is 19.1. The van der Waals surface area contributed by atoms with Crippen molar-refractivity contribution in [2.24, 2.45) is 0 Å². The minimum atomic E-state index is -0.331. The Kier molecular flexibility index (Phi) is 6.22. The number of rotatable bonds is 6. The van der Waals surface area contributed by atoms with Gasteiger partial charge in [-0.05, 0) is 35.0 Å². The fourth-order valence-electron chi connectivity index (χ4n) is 2.48. The first-order chi connectivity index (χ1) is 13.1. The van der Waals surface area contributed by atoms with Crippen LogP contribution in [0, 0.1) is 0 Å². The van der Waals surface area contributed by atoms with Gasteiger partial charge in [-0.15, -0.1) is 0 Å². The average molecular weight is 378 g/mol. The van der Waals surface area contributed by atoms with Crippen molar-refractivity contribution in [2.45, 2.75) is 0 Å². The molecule has 1 fully saturated rings. The van der Waals surface area contributed by atoms with Crippen LogP contribution in [0.25, 0.3) is 12.2 Å². The first-order valence-corrected chi connectivity index (χ1v) is 9.26. The zero-order valence-electron chi connectivity index (χ0n) is 14.5. The van der Waals surface area contributed by atoms with E-state index in [1.807, 2.05) is 60.7 Å². The van der Waals surface area contributed by atoms with Crippen LogP contribution in [0.4, 0.5) is 4.79 Å². The molecular weight excluding hydrogens is 360 g/mol. The predicted octanol–water partition coefficient (Wildman–Crippen LogP) is 3.55. The Morgan fingerprint density at radius 2 is 1.59 bits per heavy atom. The molecule has 0 bridgehead atoms. The van der Waals surface area contributed by atoms with Crippen LogP contribution in [0.3, 0.4) is 0 Å². The number of carbonyl (C=O) groups is 3. The highest BCUT2D eigenvalue weighted by Crippen LogP contribution is 2.31. The summed E-state index contributed by atoms with van der Waals surface area (Å²) >= 11 is 0.915. The van der Waals surface area contributed by atoms with E-state index in [4.69, 9.17) is 0 Å². The van der Waals surface area contributed by atoms with Crippen molar-refractivity contribution in [1.29, 1.82) is 0 Å². The van der Waals surface area contributed by atoms with Gasteiger partial charge in [-0.2, -0.15) is 0 Å². The van der Waals surface area contributed by atoms with Crippen LogP contribution in [0.1, 0.15) is 11.1 Å². The third kappa shape index (κ3) is 5.18. The normalized spacial score (nSPS) is 15.7. The van der Waals surface area contributed by atoms with E-state index in [9.17, 15) is 14.4 Å². The molecule has 0 radical (unpaired) electrons. The summed E-state index contributed by atoms with van der Waals surface area (Å²) in [5.41, 5.74) is 1.78. The fourth-order valence-corrected chi connectivity index (χ4v) is 3.34. The third-order valence-electron chi connectivity index (χ3n) is 3.83. The lowest BCUT2D eigenvalue weighted by Crippen LogP contribution is -2.36. The number of imide groups is 1. The van der Waals surface area contributed by atoms with E-state index in [1.165, 1.54) is 6.08 Å². The Morgan fingerprint density at radius 1 is 0.963 bits per heavy atom. The summed E-state index contributed by atoms with van der Waals surface area (Å²) in [4.78, 5) is 37.9. The monoisotopic (exact) mass is 378 g/mol. The van der Waals surface area contributed by atoms with Crippen LogP contribution in [0.5, 0.6) is 0 Å². The molecule has 0 saturated carbocycles. The predicted molar refractivity (Wildman–Crippen MR) is 108 cm³/mol. The van der Waals surface area contributed by atoms with E-state index in [0.717, 1.165) is 27.8 Å². The number of thioether (sulfide) groups is 1. The smallest absolute Gasteiger partial charge is 0.293 e. The van der Waals surface area contributed by atoms with Gasteiger partial charge in [0.2, 0.25) is 5.91 Å². The molecule has 136 valence electrons. The van der Waals surface area contributed by atoms with Crippen LogP contribution >= 0.6 is 11.8 Å². The molecule has 2 aromatic rings. The van der Waals surface area contributed by atoms with E-state index in [2.05, 4.69) is 5.32 Å². The quantitative estimate of drug-likeness (QED) is 0.781. The van der Waals surface area contributed by atoms with Crippen molar-refractivity contribution in [3.8, 4) is 0 Å². The Bertz CT molecular complexity index is 892. The van der Waals surface area contributed by atoms with Crippen molar-refractivity contribution < 1.29 is 14.4 Å². The second-order valence-corrected chi connectivity index (χ2v) is 6.77. The van der Waals surface area contributed by atoms with E-state index in [1.54, 1.807) is 12.2 Å². The van der Waals surface area contributed by atoms with Crippen molar-refractivity contribution in [3.63, 3.8) is 0 Å². The van der Waals surface area contributed by atoms with Crippen molar-refractivity contribution in [1.82, 2.24) is 10.2 Å². The van der Waals surface area contributed by atoms with Gasteiger partial charge < -0.3 is 5.32 Å². The fraction of sp³-hybridized carbons (Fsp3) is 0.0952. The Hall–Kier alpha value is -3.12. The molecule has 6 heteroatoms. The van der Waals surface area contributed by atoms with Crippen LogP contribution in [-0.2, 0) is 9.59 Å². The molecule has 3 amide bonds. The summed E-state index contributed by atoms with van der Waals surface area (Å²) in [6.45, 7) is 0.344. The maximum absolute atomic E-state index is 12.4. The lowest BCUT2D eigenvalue weighted by atomic mass is 10.2. The number of hydrogen-bond donors (Lipinski definition) is 1. The van der Waals surface area contributed by atoms with Gasteiger partial charge in [0.05, 0.1) is 4.91 Å². The second-order valence-electron chi connectivity index (χ2n) is 5.78. The first-order valence-electron chi connectivity index (χ1n) is 8.45. The number of benzene rings is 2. The highest BCUT2D eigenvalue weighted by atomic mass is 32.2. The van der Waals surface area contributed by atoms with E-state index in [0.29, 0.717) is 4.91 Å². The molecule has 5 nitrogen and oxygen atoms in total. The summed E-state index contributed by atoms with van der Waals surface area (Å²) in [6, 6.07) is 18.8. The lowest BCUT2D eigenvalue weighted by Gasteiger charge is -2.12. The van der Waals surface area contributed by atoms with Crippen LogP contribution in [0.15, 0.2) is 71.6 Å². The third-order valence-corrected chi connectivity index (χ3v) is 4.74. The number of hydrogen-bond acceptors (Lipinski definition) is 4. The Labute approximate surface area is 161 Å². The minimum Gasteiger partial charge on any atom is -0.351 e. The summed E-state index contributed by atoms with van der Waals surface area (Å²) < 4.78 is 0. The van der Waals surface area contributed by atoms with Gasteiger partial charge in [0, 0.05) is 19.2 Å². The van der Waals surface area contributed by atoms with E-state index in [-0.39, 0.29) is 30.1 Å². The molecular formula is C21H18N2O3S. The molecule has 0 spiro atoms. The van der Waals surface area contributed by atoms with Crippen molar-refractivity contribution in [2.75, 3.05) is 13.1 Å². The number of carbonyl (C=O) groups excluding carboxylic acids is 3. The van der Waals surface area contributed by atoms with Gasteiger partial charge in [0.1, 0.15) is 0 Å². The highest BCUT2D eigenvalue weighted by molar-refractivity contribution is 8.18. The van der Waals surface area contributed by atoms with Gasteiger partial charge in [-0.1, -0.05) is 60.7 Å². The largest absolute Gasteiger partial charge is 0.351 e. The van der Waals surface area contributed by atoms with Gasteiger partial charge in [0.15, 0.2) is 0 Å². The Morgan fingerprint density at radius 3 is 2.26 bits per heavy atom. The molecule has 27 heavy (non-hydrogen) atoms. The average Bonchev–Trinajstić information content (AvgIpc) is 2.95. The van der Waals surface area contributed by atoms with Gasteiger partial charge in [0.25, 0.3) is 11.1 Å². The number of amides is 3. The number of nitrogens with zero attached hydrogens (tertiary/aromatic N) is 1. The standard InChI is InChI=1S/C21H18N2O3S/c24-19(12-11-16-7-3-1-4-8-16)22-13-14-23-20(25)18(27-21(23)26)15-17-9-5-2-6-10-17/h1-12,15H,13-14H2,(H,22,24). The van der Waals surface area contributed by atoms with E-state index >= 15 is 0 Å². The molecule has 1 aliphatic rings. The van der Waals surface area contributed by atoms with Crippen LogP contribution in [0.2, 0.25) is 0 Å². The summed E-state index contributed by atoms with van der Waals surface area (Å²) in [7, 11) is 0. The topological polar surface area (TPSA) is 66.5 Å². The molecule has 3 rings (SSSR count). The maximum Gasteiger partial charge on any atom is 0.293 e. The first kappa shape index (κ1) is 18.7. The molecule has 1 heterocycles. The molecule has 0 unspecified atom stereocenters. The molecule has 0 aromatic heterocycles. The van der Waals surface area contributed by atoms with Gasteiger partial charge >= 0.3 is 0 Å². The van der Waals surface area contributed by atoms with Crippen LogP contribution < -0.4 is 5.32 Å². The lowest BCUT2D eigenvalue weighted by molar-refractivity contribution is -0.123. The zero-order valence-corrected chi connectivity index (χ0v) is 15.3. The van der Waals surface area contributed by atoms with Gasteiger partial charge in [-0.25, -0.2) is 0 Å². The minimum absolute atomic E-state index is 0.141. The molecule has 1 saturated heterocycles. The SMILES string of the molecule is O=C(C=Cc1ccccc1)NCCN1C(=O)SC(=Cc2ccccc2)C1=O. The number of nitrogens with one attached hydrogen (secondary N) is 1. The molecule has 0 atom stereocenters. The molecule has 0 aliphatic carbocycles. The van der Waals surface area contributed by atoms with Crippen molar-refractivity contribution in [3.05, 3.63) is 82.8 Å².